The van der Waals surface area contributed by atoms with Gasteiger partial charge in [-0.15, -0.1) is 0 Å². The van der Waals surface area contributed by atoms with Gasteiger partial charge in [0.2, 0.25) is 0 Å². The standard InChI is InChI=1S/C13H20BrFN2/c1-8(2)7-17(9(3)4)13-6-11(15)10(14)5-12(13)16/h5-6,8-9H,7,16H2,1-4H3. The van der Waals surface area contributed by atoms with Crippen LogP contribution in [0.15, 0.2) is 16.6 Å². The maximum absolute atomic E-state index is 13.6. The molecule has 0 aliphatic carbocycles. The van der Waals surface area contributed by atoms with Crippen LogP contribution in [0.4, 0.5) is 15.8 Å². The van der Waals surface area contributed by atoms with Crippen molar-refractivity contribution in [1.82, 2.24) is 0 Å². The Hall–Kier alpha value is -0.770. The topological polar surface area (TPSA) is 29.3 Å². The van der Waals surface area contributed by atoms with Gasteiger partial charge in [-0.2, -0.15) is 0 Å². The Morgan fingerprint density at radius 1 is 1.29 bits per heavy atom. The SMILES string of the molecule is CC(C)CN(c1cc(F)c(Br)cc1N)C(C)C. The van der Waals surface area contributed by atoms with Gasteiger partial charge < -0.3 is 10.6 Å². The number of nitrogens with two attached hydrogens (primary N) is 1. The Morgan fingerprint density at radius 3 is 2.35 bits per heavy atom. The van der Waals surface area contributed by atoms with Crippen LogP contribution in [-0.4, -0.2) is 12.6 Å². The third-order valence-corrected chi connectivity index (χ3v) is 3.17. The van der Waals surface area contributed by atoms with Gasteiger partial charge in [-0.3, -0.25) is 0 Å². The second kappa shape index (κ2) is 5.71. The van der Waals surface area contributed by atoms with Crippen molar-refractivity contribution in [2.75, 3.05) is 17.2 Å². The second-order valence-electron chi connectivity index (χ2n) is 4.97. The van der Waals surface area contributed by atoms with Crippen molar-refractivity contribution in [2.45, 2.75) is 33.7 Å². The number of nitrogen functional groups attached to an aromatic ring is 1. The Labute approximate surface area is 111 Å². The largest absolute Gasteiger partial charge is 0.397 e. The Balaban J connectivity index is 3.14. The van der Waals surface area contributed by atoms with Gasteiger partial charge in [-0.05, 0) is 41.8 Å². The van der Waals surface area contributed by atoms with Crippen molar-refractivity contribution >= 4 is 27.3 Å². The monoisotopic (exact) mass is 302 g/mol. The molecule has 0 aromatic heterocycles. The van der Waals surface area contributed by atoms with E-state index in [1.54, 1.807) is 6.07 Å². The lowest BCUT2D eigenvalue weighted by atomic mass is 10.1. The van der Waals surface area contributed by atoms with Crippen LogP contribution in [0.25, 0.3) is 0 Å². The maximum Gasteiger partial charge on any atom is 0.139 e. The quantitative estimate of drug-likeness (QED) is 0.851. The molecule has 0 aliphatic rings. The summed E-state index contributed by atoms with van der Waals surface area (Å²) in [6, 6.07) is 3.42. The van der Waals surface area contributed by atoms with E-state index in [2.05, 4.69) is 48.5 Å². The third-order valence-electron chi connectivity index (χ3n) is 2.56. The van der Waals surface area contributed by atoms with Crippen molar-refractivity contribution < 1.29 is 4.39 Å². The number of hydrogen-bond acceptors (Lipinski definition) is 2. The van der Waals surface area contributed by atoms with Crippen LogP contribution in [-0.2, 0) is 0 Å². The zero-order valence-electron chi connectivity index (χ0n) is 10.8. The van der Waals surface area contributed by atoms with Crippen LogP contribution < -0.4 is 10.6 Å². The van der Waals surface area contributed by atoms with E-state index in [0.717, 1.165) is 12.2 Å². The van der Waals surface area contributed by atoms with E-state index in [0.29, 0.717) is 22.1 Å². The lowest BCUT2D eigenvalue weighted by Crippen LogP contribution is -2.34. The molecular weight excluding hydrogens is 283 g/mol. The third kappa shape index (κ3) is 3.60. The smallest absolute Gasteiger partial charge is 0.139 e. The predicted molar refractivity (Wildman–Crippen MR) is 75.8 cm³/mol. The molecule has 4 heteroatoms. The molecule has 0 saturated heterocycles. The van der Waals surface area contributed by atoms with Gasteiger partial charge in [0.15, 0.2) is 0 Å². The summed E-state index contributed by atoms with van der Waals surface area (Å²) in [5.41, 5.74) is 7.34. The van der Waals surface area contributed by atoms with Crippen LogP contribution in [0.3, 0.4) is 0 Å². The fourth-order valence-corrected chi connectivity index (χ4v) is 2.14. The predicted octanol–water partition coefficient (Wildman–Crippen LogP) is 4.04. The Bertz CT molecular complexity index is 391. The van der Waals surface area contributed by atoms with Crippen LogP contribution >= 0.6 is 15.9 Å². The molecule has 0 saturated carbocycles. The van der Waals surface area contributed by atoms with E-state index in [1.807, 2.05) is 0 Å². The molecule has 0 spiro atoms. The molecule has 1 aromatic rings. The summed E-state index contributed by atoms with van der Waals surface area (Å²) in [5.74, 6) is 0.229. The molecule has 0 fully saturated rings. The van der Waals surface area contributed by atoms with Crippen molar-refractivity contribution in [3.8, 4) is 0 Å². The minimum absolute atomic E-state index is 0.274. The zero-order chi connectivity index (χ0) is 13.2. The van der Waals surface area contributed by atoms with E-state index in [4.69, 9.17) is 5.73 Å². The summed E-state index contributed by atoms with van der Waals surface area (Å²) < 4.78 is 14.0. The molecular formula is C13H20BrFN2. The molecule has 0 radical (unpaired) electrons. The van der Waals surface area contributed by atoms with Gasteiger partial charge in [-0.25, -0.2) is 4.39 Å². The Morgan fingerprint density at radius 2 is 1.88 bits per heavy atom. The first kappa shape index (κ1) is 14.3. The van der Waals surface area contributed by atoms with Crippen molar-refractivity contribution in [1.29, 1.82) is 0 Å². The average molecular weight is 303 g/mol. The van der Waals surface area contributed by atoms with E-state index >= 15 is 0 Å². The van der Waals surface area contributed by atoms with E-state index < -0.39 is 0 Å². The lowest BCUT2D eigenvalue weighted by Gasteiger charge is -2.31. The van der Waals surface area contributed by atoms with Crippen molar-refractivity contribution in [2.24, 2.45) is 5.92 Å². The molecule has 1 rings (SSSR count). The molecule has 1 aromatic carbocycles. The van der Waals surface area contributed by atoms with Crippen LogP contribution in [0.5, 0.6) is 0 Å². The highest BCUT2D eigenvalue weighted by molar-refractivity contribution is 9.10. The lowest BCUT2D eigenvalue weighted by molar-refractivity contribution is 0.567. The van der Waals surface area contributed by atoms with Gasteiger partial charge in [0, 0.05) is 18.7 Å². The van der Waals surface area contributed by atoms with Gasteiger partial charge >= 0.3 is 0 Å². The molecule has 17 heavy (non-hydrogen) atoms. The fraction of sp³-hybridized carbons (Fsp3) is 0.538. The molecule has 0 aliphatic heterocycles. The summed E-state index contributed by atoms with van der Waals surface area (Å²) in [4.78, 5) is 2.13. The van der Waals surface area contributed by atoms with Crippen molar-refractivity contribution in [3.63, 3.8) is 0 Å². The number of benzene rings is 1. The van der Waals surface area contributed by atoms with E-state index in [-0.39, 0.29) is 5.82 Å². The summed E-state index contributed by atoms with van der Waals surface area (Å²) in [5, 5.41) is 0. The van der Waals surface area contributed by atoms with Gasteiger partial charge in [0.1, 0.15) is 5.82 Å². The van der Waals surface area contributed by atoms with Crippen LogP contribution in [0.2, 0.25) is 0 Å². The first-order chi connectivity index (χ1) is 7.82. The minimum atomic E-state index is -0.274. The number of anilines is 2. The van der Waals surface area contributed by atoms with E-state index in [1.165, 1.54) is 6.07 Å². The summed E-state index contributed by atoms with van der Waals surface area (Å²) in [6.07, 6.45) is 0. The molecule has 0 atom stereocenters. The Kier molecular flexibility index (Phi) is 4.80. The van der Waals surface area contributed by atoms with Gasteiger partial charge in [0.25, 0.3) is 0 Å². The molecule has 96 valence electrons. The van der Waals surface area contributed by atoms with E-state index in [9.17, 15) is 4.39 Å². The van der Waals surface area contributed by atoms with Crippen LogP contribution in [0.1, 0.15) is 27.7 Å². The highest BCUT2D eigenvalue weighted by atomic mass is 79.9. The number of nitrogens with zero attached hydrogens (tertiary/aromatic N) is 1. The number of halogens is 2. The van der Waals surface area contributed by atoms with Gasteiger partial charge in [-0.1, -0.05) is 13.8 Å². The van der Waals surface area contributed by atoms with Crippen LogP contribution in [0, 0.1) is 11.7 Å². The summed E-state index contributed by atoms with van der Waals surface area (Å²) in [7, 11) is 0. The molecule has 0 amide bonds. The van der Waals surface area contributed by atoms with Gasteiger partial charge in [0.05, 0.1) is 15.8 Å². The first-order valence-corrected chi connectivity index (χ1v) is 6.63. The fourth-order valence-electron chi connectivity index (χ4n) is 1.78. The molecule has 2 nitrogen and oxygen atoms in total. The highest BCUT2D eigenvalue weighted by Gasteiger charge is 2.16. The van der Waals surface area contributed by atoms with Crippen molar-refractivity contribution in [3.05, 3.63) is 22.4 Å². The summed E-state index contributed by atoms with van der Waals surface area (Å²) >= 11 is 3.14. The average Bonchev–Trinajstić information content (AvgIpc) is 2.20. The second-order valence-corrected chi connectivity index (χ2v) is 5.82. The molecule has 0 unspecified atom stereocenters. The first-order valence-electron chi connectivity index (χ1n) is 5.84. The summed E-state index contributed by atoms with van der Waals surface area (Å²) in [6.45, 7) is 9.31. The number of hydrogen-bond donors (Lipinski definition) is 1. The maximum atomic E-state index is 13.6. The highest BCUT2D eigenvalue weighted by Crippen LogP contribution is 2.31. The molecule has 0 heterocycles. The normalized spacial score (nSPS) is 11.3. The molecule has 2 N–H and O–H groups in total. The zero-order valence-corrected chi connectivity index (χ0v) is 12.4. The molecule has 0 bridgehead atoms. The number of rotatable bonds is 4. The minimum Gasteiger partial charge on any atom is -0.397 e.